The quantitative estimate of drug-likeness (QED) is 0.601. The van der Waals surface area contributed by atoms with Crippen LogP contribution in [0.25, 0.3) is 0 Å². The molecule has 0 saturated heterocycles. The molecule has 6 heteroatoms. The van der Waals surface area contributed by atoms with Gasteiger partial charge in [0.05, 0.1) is 13.2 Å². The molecule has 0 spiro atoms. The molecule has 0 aromatic rings. The van der Waals surface area contributed by atoms with Crippen molar-refractivity contribution >= 4 is 11.8 Å². The summed E-state index contributed by atoms with van der Waals surface area (Å²) in [4.78, 5) is 24.8. The predicted molar refractivity (Wildman–Crippen MR) is 67.9 cm³/mol. The number of nitrogens with one attached hydrogen (secondary N) is 1. The molecule has 18 heavy (non-hydrogen) atoms. The van der Waals surface area contributed by atoms with Gasteiger partial charge in [-0.1, -0.05) is 0 Å². The molecule has 104 valence electrons. The third kappa shape index (κ3) is 4.62. The lowest BCUT2D eigenvalue weighted by Crippen LogP contribution is -2.51. The highest BCUT2D eigenvalue weighted by Gasteiger charge is 2.35. The lowest BCUT2D eigenvalue weighted by molar-refractivity contribution is -0.136. The Morgan fingerprint density at radius 2 is 2.11 bits per heavy atom. The molecule has 0 radical (unpaired) electrons. The van der Waals surface area contributed by atoms with Gasteiger partial charge in [0, 0.05) is 32.7 Å². The molecular formula is C12H23N3O3. The summed E-state index contributed by atoms with van der Waals surface area (Å²) in [6.07, 6.45) is 3.21. The van der Waals surface area contributed by atoms with Crippen molar-refractivity contribution in [3.05, 3.63) is 0 Å². The second-order valence-electron chi connectivity index (χ2n) is 4.99. The average molecular weight is 257 g/mol. The van der Waals surface area contributed by atoms with Crippen molar-refractivity contribution in [3.8, 4) is 0 Å². The summed E-state index contributed by atoms with van der Waals surface area (Å²) in [7, 11) is 3.20. The SMILES string of the molecule is COCCNC(=O)CN(C)C(=O)CC1(N)CCC1. The van der Waals surface area contributed by atoms with Crippen molar-refractivity contribution in [2.24, 2.45) is 5.73 Å². The molecule has 1 fully saturated rings. The molecule has 0 bridgehead atoms. The van der Waals surface area contributed by atoms with E-state index in [4.69, 9.17) is 10.5 Å². The number of likely N-dealkylation sites (N-methyl/N-ethyl adjacent to an activating group) is 1. The topological polar surface area (TPSA) is 84.7 Å². The standard InChI is InChI=1S/C12H23N3O3/c1-15(9-10(16)14-6-7-18-2)11(17)8-12(13)4-3-5-12/h3-9,13H2,1-2H3,(H,14,16). The number of ether oxygens (including phenoxy) is 1. The summed E-state index contributed by atoms with van der Waals surface area (Å²) < 4.78 is 4.82. The number of rotatable bonds is 7. The molecule has 0 aromatic heterocycles. The Morgan fingerprint density at radius 1 is 1.44 bits per heavy atom. The lowest BCUT2D eigenvalue weighted by atomic mass is 9.75. The van der Waals surface area contributed by atoms with Gasteiger partial charge in [0.15, 0.2) is 0 Å². The minimum Gasteiger partial charge on any atom is -0.383 e. The Bertz CT molecular complexity index is 303. The number of hydrogen-bond donors (Lipinski definition) is 2. The molecule has 1 aliphatic carbocycles. The van der Waals surface area contributed by atoms with Gasteiger partial charge in [-0.15, -0.1) is 0 Å². The minimum absolute atomic E-state index is 0.0681. The second kappa shape index (κ2) is 6.70. The fourth-order valence-electron chi connectivity index (χ4n) is 1.90. The number of nitrogens with two attached hydrogens (primary N) is 1. The summed E-state index contributed by atoms with van der Waals surface area (Å²) >= 11 is 0. The molecule has 6 nitrogen and oxygen atoms in total. The van der Waals surface area contributed by atoms with Crippen molar-refractivity contribution in [2.45, 2.75) is 31.2 Å². The summed E-state index contributed by atoms with van der Waals surface area (Å²) in [5, 5.41) is 2.67. The molecule has 3 N–H and O–H groups in total. The molecule has 0 heterocycles. The number of methoxy groups -OCH3 is 1. The van der Waals surface area contributed by atoms with E-state index in [1.807, 2.05) is 0 Å². The maximum atomic E-state index is 11.9. The van der Waals surface area contributed by atoms with Crippen molar-refractivity contribution in [1.29, 1.82) is 0 Å². The van der Waals surface area contributed by atoms with Gasteiger partial charge in [0.1, 0.15) is 0 Å². The average Bonchev–Trinajstić information content (AvgIpc) is 2.27. The molecule has 0 unspecified atom stereocenters. The molecule has 1 rings (SSSR count). The predicted octanol–water partition coefficient (Wildman–Crippen LogP) is -0.521. The third-order valence-corrected chi connectivity index (χ3v) is 3.29. The molecule has 1 aliphatic rings. The van der Waals surface area contributed by atoms with Crippen LogP contribution in [0.3, 0.4) is 0 Å². The molecule has 1 saturated carbocycles. The highest BCUT2D eigenvalue weighted by Crippen LogP contribution is 2.32. The van der Waals surface area contributed by atoms with Crippen LogP contribution in [0, 0.1) is 0 Å². The number of carbonyl (C=O) groups excluding carboxylic acids is 2. The van der Waals surface area contributed by atoms with Gasteiger partial charge in [0.2, 0.25) is 11.8 Å². The Labute approximate surface area is 108 Å². The van der Waals surface area contributed by atoms with Crippen LogP contribution >= 0.6 is 0 Å². The molecule has 0 aliphatic heterocycles. The smallest absolute Gasteiger partial charge is 0.239 e. The van der Waals surface area contributed by atoms with Gasteiger partial charge in [-0.05, 0) is 19.3 Å². The molecular weight excluding hydrogens is 234 g/mol. The van der Waals surface area contributed by atoms with E-state index in [0.717, 1.165) is 19.3 Å². The maximum Gasteiger partial charge on any atom is 0.239 e. The molecule has 0 atom stereocenters. The van der Waals surface area contributed by atoms with Gasteiger partial charge in [-0.2, -0.15) is 0 Å². The summed E-state index contributed by atoms with van der Waals surface area (Å²) in [6.45, 7) is 0.992. The van der Waals surface area contributed by atoms with Crippen molar-refractivity contribution in [1.82, 2.24) is 10.2 Å². The van der Waals surface area contributed by atoms with E-state index >= 15 is 0 Å². The van der Waals surface area contributed by atoms with Crippen LogP contribution in [0.15, 0.2) is 0 Å². The van der Waals surface area contributed by atoms with E-state index < -0.39 is 0 Å². The third-order valence-electron chi connectivity index (χ3n) is 3.29. The van der Waals surface area contributed by atoms with Crippen LogP contribution in [0.2, 0.25) is 0 Å². The van der Waals surface area contributed by atoms with Crippen LogP contribution in [0.4, 0.5) is 0 Å². The Hall–Kier alpha value is -1.14. The molecule has 0 aromatic carbocycles. The normalized spacial score (nSPS) is 16.8. The van der Waals surface area contributed by atoms with E-state index in [9.17, 15) is 9.59 Å². The zero-order valence-electron chi connectivity index (χ0n) is 11.2. The van der Waals surface area contributed by atoms with E-state index in [0.29, 0.717) is 19.6 Å². The van der Waals surface area contributed by atoms with Gasteiger partial charge in [0.25, 0.3) is 0 Å². The van der Waals surface area contributed by atoms with Crippen molar-refractivity contribution < 1.29 is 14.3 Å². The van der Waals surface area contributed by atoms with Gasteiger partial charge >= 0.3 is 0 Å². The Balaban J connectivity index is 2.24. The largest absolute Gasteiger partial charge is 0.383 e. The number of nitrogens with zero attached hydrogens (tertiary/aromatic N) is 1. The highest BCUT2D eigenvalue weighted by atomic mass is 16.5. The van der Waals surface area contributed by atoms with E-state index in [2.05, 4.69) is 5.32 Å². The van der Waals surface area contributed by atoms with Crippen LogP contribution < -0.4 is 11.1 Å². The first-order valence-electron chi connectivity index (χ1n) is 6.25. The second-order valence-corrected chi connectivity index (χ2v) is 4.99. The zero-order chi connectivity index (χ0) is 13.6. The lowest BCUT2D eigenvalue weighted by Gasteiger charge is -2.38. The first kappa shape index (κ1) is 14.9. The van der Waals surface area contributed by atoms with Crippen LogP contribution in [-0.4, -0.2) is 56.1 Å². The van der Waals surface area contributed by atoms with Crippen LogP contribution in [0.5, 0.6) is 0 Å². The fraction of sp³-hybridized carbons (Fsp3) is 0.833. The molecule has 2 amide bonds. The van der Waals surface area contributed by atoms with Crippen LogP contribution in [-0.2, 0) is 14.3 Å². The van der Waals surface area contributed by atoms with Gasteiger partial charge in [-0.3, -0.25) is 9.59 Å². The zero-order valence-corrected chi connectivity index (χ0v) is 11.2. The highest BCUT2D eigenvalue weighted by molar-refractivity contribution is 5.85. The summed E-state index contributed by atoms with van der Waals surface area (Å²) in [6, 6.07) is 0. The van der Waals surface area contributed by atoms with Gasteiger partial charge in [-0.25, -0.2) is 0 Å². The van der Waals surface area contributed by atoms with E-state index in [-0.39, 0.29) is 23.9 Å². The first-order chi connectivity index (χ1) is 8.47. The number of amides is 2. The Morgan fingerprint density at radius 3 is 2.61 bits per heavy atom. The number of hydrogen-bond acceptors (Lipinski definition) is 4. The summed E-state index contributed by atoms with van der Waals surface area (Å²) in [5.41, 5.74) is 5.67. The maximum absolute atomic E-state index is 11.9. The van der Waals surface area contributed by atoms with Crippen LogP contribution in [0.1, 0.15) is 25.7 Å². The van der Waals surface area contributed by atoms with Gasteiger partial charge < -0.3 is 20.7 Å². The van der Waals surface area contributed by atoms with Crippen molar-refractivity contribution in [2.75, 3.05) is 33.9 Å². The first-order valence-corrected chi connectivity index (χ1v) is 6.25. The van der Waals surface area contributed by atoms with E-state index in [1.165, 1.54) is 4.90 Å². The Kier molecular flexibility index (Phi) is 5.55. The monoisotopic (exact) mass is 257 g/mol. The van der Waals surface area contributed by atoms with E-state index in [1.54, 1.807) is 14.2 Å². The summed E-state index contributed by atoms with van der Waals surface area (Å²) in [5.74, 6) is -0.248. The number of carbonyl (C=O) groups is 2. The minimum atomic E-state index is -0.335. The fourth-order valence-corrected chi connectivity index (χ4v) is 1.90. The van der Waals surface area contributed by atoms with Crippen molar-refractivity contribution in [3.63, 3.8) is 0 Å².